The lowest BCUT2D eigenvalue weighted by atomic mass is 10.1. The largest absolute Gasteiger partial charge is 0.492 e. The number of ether oxygens (including phenoxy) is 1. The summed E-state index contributed by atoms with van der Waals surface area (Å²) in [5, 5.41) is 5.48. The number of hydrogen-bond donors (Lipinski definition) is 1. The fourth-order valence-corrected chi connectivity index (χ4v) is 2.55. The van der Waals surface area contributed by atoms with Gasteiger partial charge in [0.1, 0.15) is 12.4 Å². The molecule has 0 spiro atoms. The van der Waals surface area contributed by atoms with Gasteiger partial charge in [-0.05, 0) is 36.4 Å². The molecule has 0 unspecified atom stereocenters. The van der Waals surface area contributed by atoms with Crippen LogP contribution in [0.2, 0.25) is 0 Å². The summed E-state index contributed by atoms with van der Waals surface area (Å²) in [6, 6.07) is 10.5. The zero-order chi connectivity index (χ0) is 12.8. The molecule has 0 saturated carbocycles. The van der Waals surface area contributed by atoms with Crippen LogP contribution in [0.4, 0.5) is 0 Å². The summed E-state index contributed by atoms with van der Waals surface area (Å²) in [5.41, 5.74) is 2.40. The summed E-state index contributed by atoms with van der Waals surface area (Å²) in [6.07, 6.45) is 0. The molecule has 0 atom stereocenters. The zero-order valence-electron chi connectivity index (χ0n) is 10.9. The Hall–Kier alpha value is -1.32. The van der Waals surface area contributed by atoms with Gasteiger partial charge in [0.2, 0.25) is 0 Å². The second-order valence-electron chi connectivity index (χ2n) is 4.33. The lowest BCUT2D eigenvalue weighted by molar-refractivity contribution is 0.310. The number of hydrogen-bond acceptors (Lipinski definition) is 3. The average Bonchev–Trinajstić information content (AvgIpc) is 2.85. The lowest BCUT2D eigenvalue weighted by Crippen LogP contribution is -2.20. The van der Waals surface area contributed by atoms with Crippen LogP contribution in [0.25, 0.3) is 0 Å². The first-order valence-electron chi connectivity index (χ1n) is 6.19. The maximum Gasteiger partial charge on any atom is 0.125 e. The van der Waals surface area contributed by atoms with E-state index >= 15 is 0 Å². The van der Waals surface area contributed by atoms with E-state index in [4.69, 9.17) is 4.74 Å². The Morgan fingerprint density at radius 2 is 1.89 bits per heavy atom. The highest BCUT2D eigenvalue weighted by Crippen LogP contribution is 2.21. The molecule has 1 aromatic heterocycles. The van der Waals surface area contributed by atoms with Gasteiger partial charge in [0.15, 0.2) is 0 Å². The molecule has 2 aromatic rings. The molecule has 1 N–H and O–H groups in total. The fourth-order valence-electron chi connectivity index (χ4n) is 1.88. The molecule has 1 aromatic carbocycles. The van der Waals surface area contributed by atoms with Crippen molar-refractivity contribution in [2.24, 2.45) is 0 Å². The Morgan fingerprint density at radius 3 is 2.56 bits per heavy atom. The van der Waals surface area contributed by atoms with E-state index in [1.54, 1.807) is 11.3 Å². The van der Waals surface area contributed by atoms with Crippen LogP contribution >= 0.6 is 11.3 Å². The first kappa shape index (κ1) is 13.1. The summed E-state index contributed by atoms with van der Waals surface area (Å²) in [6.45, 7) is 6.67. The number of benzene rings is 1. The van der Waals surface area contributed by atoms with Crippen LogP contribution in [0.3, 0.4) is 0 Å². The van der Waals surface area contributed by atoms with Crippen molar-refractivity contribution in [2.45, 2.75) is 20.4 Å². The SMILES string of the molecule is Cc1cccc(C)c1OCCNCc1cccs1. The van der Waals surface area contributed by atoms with Crippen molar-refractivity contribution in [1.82, 2.24) is 5.32 Å². The molecule has 0 aliphatic rings. The van der Waals surface area contributed by atoms with Crippen LogP contribution in [-0.4, -0.2) is 13.2 Å². The van der Waals surface area contributed by atoms with Gasteiger partial charge >= 0.3 is 0 Å². The van der Waals surface area contributed by atoms with Crippen molar-refractivity contribution in [3.8, 4) is 5.75 Å². The Bertz CT molecular complexity index is 459. The standard InChI is InChI=1S/C15H19NOS/c1-12-5-3-6-13(2)15(12)17-9-8-16-11-14-7-4-10-18-14/h3-7,10,16H,8-9,11H2,1-2H3. The van der Waals surface area contributed by atoms with Gasteiger partial charge in [-0.3, -0.25) is 0 Å². The van der Waals surface area contributed by atoms with Gasteiger partial charge in [-0.25, -0.2) is 0 Å². The molecule has 2 rings (SSSR count). The van der Waals surface area contributed by atoms with Crippen LogP contribution in [0.5, 0.6) is 5.75 Å². The summed E-state index contributed by atoms with van der Waals surface area (Å²) in [4.78, 5) is 1.36. The minimum atomic E-state index is 0.705. The molecule has 0 saturated heterocycles. The predicted octanol–water partition coefficient (Wildman–Crippen LogP) is 3.53. The van der Waals surface area contributed by atoms with E-state index in [2.05, 4.69) is 54.9 Å². The summed E-state index contributed by atoms with van der Waals surface area (Å²) in [7, 11) is 0. The van der Waals surface area contributed by atoms with Crippen molar-refractivity contribution < 1.29 is 4.74 Å². The topological polar surface area (TPSA) is 21.3 Å². The summed E-state index contributed by atoms with van der Waals surface area (Å²) >= 11 is 1.78. The molecule has 0 aliphatic carbocycles. The minimum absolute atomic E-state index is 0.705. The van der Waals surface area contributed by atoms with Crippen LogP contribution < -0.4 is 10.1 Å². The average molecular weight is 261 g/mol. The molecule has 0 fully saturated rings. The van der Waals surface area contributed by atoms with Gasteiger partial charge in [-0.2, -0.15) is 0 Å². The minimum Gasteiger partial charge on any atom is -0.492 e. The Labute approximate surface area is 113 Å². The van der Waals surface area contributed by atoms with Gasteiger partial charge in [0.25, 0.3) is 0 Å². The van der Waals surface area contributed by atoms with E-state index in [0.29, 0.717) is 6.61 Å². The third-order valence-corrected chi connectivity index (χ3v) is 3.69. The van der Waals surface area contributed by atoms with E-state index in [0.717, 1.165) is 18.8 Å². The molecule has 2 nitrogen and oxygen atoms in total. The number of para-hydroxylation sites is 1. The molecule has 96 valence electrons. The van der Waals surface area contributed by atoms with E-state index in [1.165, 1.54) is 16.0 Å². The number of rotatable bonds is 6. The molecule has 0 aliphatic heterocycles. The molecule has 0 bridgehead atoms. The smallest absolute Gasteiger partial charge is 0.125 e. The van der Waals surface area contributed by atoms with Gasteiger partial charge in [0.05, 0.1) is 0 Å². The molecular formula is C15H19NOS. The molecular weight excluding hydrogens is 242 g/mol. The van der Waals surface area contributed by atoms with Gasteiger partial charge in [-0.15, -0.1) is 11.3 Å². The molecule has 0 amide bonds. The van der Waals surface area contributed by atoms with E-state index in [1.807, 2.05) is 0 Å². The van der Waals surface area contributed by atoms with E-state index in [9.17, 15) is 0 Å². The van der Waals surface area contributed by atoms with Gasteiger partial charge in [-0.1, -0.05) is 24.3 Å². The lowest BCUT2D eigenvalue weighted by Gasteiger charge is -2.12. The summed E-state index contributed by atoms with van der Waals surface area (Å²) < 4.78 is 5.83. The highest BCUT2D eigenvalue weighted by atomic mass is 32.1. The second kappa shape index (κ2) is 6.57. The maximum atomic E-state index is 5.83. The van der Waals surface area contributed by atoms with Crippen molar-refractivity contribution in [2.75, 3.05) is 13.2 Å². The number of thiophene rings is 1. The zero-order valence-corrected chi connectivity index (χ0v) is 11.7. The van der Waals surface area contributed by atoms with E-state index in [-0.39, 0.29) is 0 Å². The summed E-state index contributed by atoms with van der Waals surface area (Å²) in [5.74, 6) is 1.02. The van der Waals surface area contributed by atoms with Gasteiger partial charge < -0.3 is 10.1 Å². The third kappa shape index (κ3) is 3.59. The molecule has 0 radical (unpaired) electrons. The first-order chi connectivity index (χ1) is 8.77. The van der Waals surface area contributed by atoms with Crippen LogP contribution in [0.15, 0.2) is 35.7 Å². The van der Waals surface area contributed by atoms with Crippen molar-refractivity contribution in [3.63, 3.8) is 0 Å². The second-order valence-corrected chi connectivity index (χ2v) is 5.36. The van der Waals surface area contributed by atoms with Crippen LogP contribution in [-0.2, 0) is 6.54 Å². The van der Waals surface area contributed by atoms with Crippen molar-refractivity contribution in [3.05, 3.63) is 51.7 Å². The molecule has 1 heterocycles. The van der Waals surface area contributed by atoms with Crippen molar-refractivity contribution >= 4 is 11.3 Å². The quantitative estimate of drug-likeness (QED) is 0.803. The Kier molecular flexibility index (Phi) is 4.79. The Balaban J connectivity index is 1.72. The van der Waals surface area contributed by atoms with E-state index < -0.39 is 0 Å². The number of aryl methyl sites for hydroxylation is 2. The molecule has 18 heavy (non-hydrogen) atoms. The maximum absolute atomic E-state index is 5.83. The van der Waals surface area contributed by atoms with Crippen molar-refractivity contribution in [1.29, 1.82) is 0 Å². The Morgan fingerprint density at radius 1 is 1.11 bits per heavy atom. The highest BCUT2D eigenvalue weighted by Gasteiger charge is 2.02. The monoisotopic (exact) mass is 261 g/mol. The molecule has 3 heteroatoms. The predicted molar refractivity (Wildman–Crippen MR) is 77.4 cm³/mol. The fraction of sp³-hybridized carbons (Fsp3) is 0.333. The first-order valence-corrected chi connectivity index (χ1v) is 7.07. The van der Waals surface area contributed by atoms with Crippen LogP contribution in [0.1, 0.15) is 16.0 Å². The van der Waals surface area contributed by atoms with Gasteiger partial charge in [0, 0.05) is 18.0 Å². The highest BCUT2D eigenvalue weighted by molar-refractivity contribution is 7.09. The van der Waals surface area contributed by atoms with Crippen LogP contribution in [0, 0.1) is 13.8 Å². The normalized spacial score (nSPS) is 10.6. The third-order valence-electron chi connectivity index (χ3n) is 2.81. The number of nitrogens with one attached hydrogen (secondary N) is 1.